The monoisotopic (exact) mass is 202 g/mol. The lowest BCUT2D eigenvalue weighted by atomic mass is 10.1. The van der Waals surface area contributed by atoms with Crippen LogP contribution in [0.5, 0.6) is 0 Å². The van der Waals surface area contributed by atoms with E-state index in [-0.39, 0.29) is 5.91 Å². The summed E-state index contributed by atoms with van der Waals surface area (Å²) in [6, 6.07) is 5.66. The molecule has 3 heteroatoms. The van der Waals surface area contributed by atoms with E-state index in [4.69, 9.17) is 5.73 Å². The molecule has 1 aromatic carbocycles. The van der Waals surface area contributed by atoms with Crippen LogP contribution in [-0.4, -0.2) is 12.5 Å². The van der Waals surface area contributed by atoms with Crippen LogP contribution < -0.4 is 11.1 Å². The van der Waals surface area contributed by atoms with Gasteiger partial charge in [0.1, 0.15) is 0 Å². The van der Waals surface area contributed by atoms with E-state index in [2.05, 4.69) is 17.2 Å². The van der Waals surface area contributed by atoms with E-state index in [0.717, 1.165) is 11.1 Å². The highest BCUT2D eigenvalue weighted by Crippen LogP contribution is 2.13. The molecule has 0 saturated heterocycles. The van der Waals surface area contributed by atoms with Crippen LogP contribution in [0.15, 0.2) is 18.2 Å². The molecule has 1 amide bonds. The highest BCUT2D eigenvalue weighted by atomic mass is 16.1. The van der Waals surface area contributed by atoms with Gasteiger partial charge < -0.3 is 11.1 Å². The fraction of sp³-hybridized carbons (Fsp3) is 0.250. The summed E-state index contributed by atoms with van der Waals surface area (Å²) in [6.07, 6.45) is 0. The zero-order valence-corrected chi connectivity index (χ0v) is 8.92. The van der Waals surface area contributed by atoms with Crippen LogP contribution in [0.1, 0.15) is 18.1 Å². The molecule has 0 heterocycles. The molecule has 15 heavy (non-hydrogen) atoms. The molecule has 3 nitrogen and oxygen atoms in total. The molecule has 0 aliphatic carbocycles. The zero-order chi connectivity index (χ0) is 11.3. The van der Waals surface area contributed by atoms with Crippen LogP contribution in [0.3, 0.4) is 0 Å². The van der Waals surface area contributed by atoms with Crippen molar-refractivity contribution in [3.63, 3.8) is 0 Å². The van der Waals surface area contributed by atoms with Gasteiger partial charge in [-0.1, -0.05) is 24.0 Å². The summed E-state index contributed by atoms with van der Waals surface area (Å²) >= 11 is 0. The Morgan fingerprint density at radius 3 is 2.87 bits per heavy atom. The van der Waals surface area contributed by atoms with Gasteiger partial charge in [-0.15, -0.1) is 0 Å². The number of carbonyl (C=O) groups excluding carboxylic acids is 1. The number of hydrogen-bond acceptors (Lipinski definition) is 2. The first-order valence-corrected chi connectivity index (χ1v) is 4.69. The SMILES string of the molecule is CC(=O)NCC#Cc1c(C)cccc1N. The topological polar surface area (TPSA) is 55.1 Å². The zero-order valence-electron chi connectivity index (χ0n) is 8.92. The Morgan fingerprint density at radius 2 is 2.27 bits per heavy atom. The van der Waals surface area contributed by atoms with E-state index in [1.165, 1.54) is 6.92 Å². The third kappa shape index (κ3) is 3.35. The molecule has 0 saturated carbocycles. The third-order valence-corrected chi connectivity index (χ3v) is 1.94. The van der Waals surface area contributed by atoms with Gasteiger partial charge in [0.2, 0.25) is 5.91 Å². The van der Waals surface area contributed by atoms with E-state index in [1.54, 1.807) is 0 Å². The number of nitrogens with two attached hydrogens (primary N) is 1. The Morgan fingerprint density at radius 1 is 1.53 bits per heavy atom. The molecule has 78 valence electrons. The number of hydrogen-bond donors (Lipinski definition) is 2. The van der Waals surface area contributed by atoms with E-state index in [0.29, 0.717) is 12.2 Å². The van der Waals surface area contributed by atoms with Crippen LogP contribution in [0.2, 0.25) is 0 Å². The minimum Gasteiger partial charge on any atom is -0.398 e. The van der Waals surface area contributed by atoms with Crippen LogP contribution in [0.4, 0.5) is 5.69 Å². The lowest BCUT2D eigenvalue weighted by molar-refractivity contribution is -0.118. The lowest BCUT2D eigenvalue weighted by Crippen LogP contribution is -2.19. The van der Waals surface area contributed by atoms with E-state index in [9.17, 15) is 4.79 Å². The summed E-state index contributed by atoms with van der Waals surface area (Å²) in [5.41, 5.74) is 8.33. The molecule has 1 rings (SSSR count). The maximum atomic E-state index is 10.6. The first-order chi connectivity index (χ1) is 7.11. The van der Waals surface area contributed by atoms with Crippen molar-refractivity contribution in [2.24, 2.45) is 0 Å². The summed E-state index contributed by atoms with van der Waals surface area (Å²) < 4.78 is 0. The Bertz CT molecular complexity index is 407. The number of benzene rings is 1. The summed E-state index contributed by atoms with van der Waals surface area (Å²) in [4.78, 5) is 10.6. The minimum atomic E-state index is -0.0814. The van der Waals surface area contributed by atoms with Crippen molar-refractivity contribution in [3.05, 3.63) is 29.3 Å². The number of nitrogen functional groups attached to an aromatic ring is 1. The maximum absolute atomic E-state index is 10.6. The smallest absolute Gasteiger partial charge is 0.217 e. The van der Waals surface area contributed by atoms with Crippen LogP contribution in [0.25, 0.3) is 0 Å². The van der Waals surface area contributed by atoms with Gasteiger partial charge in [0.05, 0.1) is 12.1 Å². The fourth-order valence-electron chi connectivity index (χ4n) is 1.16. The second-order valence-corrected chi connectivity index (χ2v) is 3.25. The number of nitrogens with one attached hydrogen (secondary N) is 1. The van der Waals surface area contributed by atoms with Crippen molar-refractivity contribution in [1.82, 2.24) is 5.32 Å². The van der Waals surface area contributed by atoms with Crippen molar-refractivity contribution < 1.29 is 4.79 Å². The predicted molar refractivity (Wildman–Crippen MR) is 61.2 cm³/mol. The highest BCUT2D eigenvalue weighted by molar-refractivity contribution is 5.73. The van der Waals surface area contributed by atoms with E-state index >= 15 is 0 Å². The first-order valence-electron chi connectivity index (χ1n) is 4.69. The molecule has 0 atom stereocenters. The van der Waals surface area contributed by atoms with Gasteiger partial charge in [-0.05, 0) is 18.6 Å². The average molecular weight is 202 g/mol. The van der Waals surface area contributed by atoms with Crippen molar-refractivity contribution >= 4 is 11.6 Å². The molecule has 0 aliphatic heterocycles. The summed E-state index contributed by atoms with van der Waals surface area (Å²) in [6.45, 7) is 3.77. The maximum Gasteiger partial charge on any atom is 0.217 e. The molecule has 0 fully saturated rings. The van der Waals surface area contributed by atoms with Gasteiger partial charge >= 0.3 is 0 Å². The molecule has 0 unspecified atom stereocenters. The Balaban J connectivity index is 2.75. The van der Waals surface area contributed by atoms with Crippen LogP contribution >= 0.6 is 0 Å². The Labute approximate surface area is 89.7 Å². The molecule has 0 radical (unpaired) electrons. The molecule has 0 aromatic heterocycles. The highest BCUT2D eigenvalue weighted by Gasteiger charge is 1.97. The number of carbonyl (C=O) groups is 1. The largest absolute Gasteiger partial charge is 0.398 e. The summed E-state index contributed by atoms with van der Waals surface area (Å²) in [7, 11) is 0. The van der Waals surface area contributed by atoms with Crippen molar-refractivity contribution in [1.29, 1.82) is 0 Å². The summed E-state index contributed by atoms with van der Waals surface area (Å²) in [5.74, 6) is 5.72. The predicted octanol–water partition coefficient (Wildman–Crippen LogP) is 1.06. The Kier molecular flexibility index (Phi) is 3.75. The third-order valence-electron chi connectivity index (χ3n) is 1.94. The Hall–Kier alpha value is -1.95. The first kappa shape index (κ1) is 11.1. The molecule has 1 aromatic rings. The van der Waals surface area contributed by atoms with Gasteiger partial charge in [0.15, 0.2) is 0 Å². The van der Waals surface area contributed by atoms with Gasteiger partial charge in [0.25, 0.3) is 0 Å². The number of rotatable bonds is 1. The quantitative estimate of drug-likeness (QED) is 0.528. The van der Waals surface area contributed by atoms with Gasteiger partial charge in [-0.2, -0.15) is 0 Å². The van der Waals surface area contributed by atoms with E-state index in [1.807, 2.05) is 25.1 Å². The van der Waals surface area contributed by atoms with Crippen molar-refractivity contribution in [2.75, 3.05) is 12.3 Å². The van der Waals surface area contributed by atoms with E-state index < -0.39 is 0 Å². The summed E-state index contributed by atoms with van der Waals surface area (Å²) in [5, 5.41) is 2.60. The molecular weight excluding hydrogens is 188 g/mol. The molecule has 3 N–H and O–H groups in total. The number of anilines is 1. The van der Waals surface area contributed by atoms with Crippen LogP contribution in [-0.2, 0) is 4.79 Å². The van der Waals surface area contributed by atoms with Gasteiger partial charge in [0, 0.05) is 12.6 Å². The van der Waals surface area contributed by atoms with Crippen LogP contribution in [0, 0.1) is 18.8 Å². The van der Waals surface area contributed by atoms with Crippen molar-refractivity contribution in [3.8, 4) is 11.8 Å². The molecule has 0 spiro atoms. The van der Waals surface area contributed by atoms with Gasteiger partial charge in [-0.3, -0.25) is 4.79 Å². The standard InChI is InChI=1S/C12H14N2O/c1-9-5-3-7-12(13)11(9)6-4-8-14-10(2)15/h3,5,7H,8,13H2,1-2H3,(H,14,15). The molecular formula is C12H14N2O. The minimum absolute atomic E-state index is 0.0814. The normalized spacial score (nSPS) is 8.93. The number of aryl methyl sites for hydroxylation is 1. The second kappa shape index (κ2) is 5.06. The van der Waals surface area contributed by atoms with Crippen molar-refractivity contribution in [2.45, 2.75) is 13.8 Å². The lowest BCUT2D eigenvalue weighted by Gasteiger charge is -2.01. The van der Waals surface area contributed by atoms with Gasteiger partial charge in [-0.25, -0.2) is 0 Å². The number of amides is 1. The fourth-order valence-corrected chi connectivity index (χ4v) is 1.16. The molecule has 0 bridgehead atoms. The molecule has 0 aliphatic rings. The average Bonchev–Trinajstić information content (AvgIpc) is 2.15. The second-order valence-electron chi connectivity index (χ2n) is 3.25.